The van der Waals surface area contributed by atoms with Crippen molar-refractivity contribution in [3.05, 3.63) is 36.0 Å². The van der Waals surface area contributed by atoms with E-state index in [9.17, 15) is 19.5 Å². The van der Waals surface area contributed by atoms with Crippen molar-refractivity contribution in [3.8, 4) is 0 Å². The van der Waals surface area contributed by atoms with Gasteiger partial charge in [0.15, 0.2) is 0 Å². The smallest absolute Gasteiger partial charge is 0.407 e. The molecular formula is C21H28N2O6. The van der Waals surface area contributed by atoms with Crippen LogP contribution >= 0.6 is 0 Å². The first-order chi connectivity index (χ1) is 13.6. The molecule has 1 heterocycles. The normalized spacial score (nSPS) is 13.6. The Balaban J connectivity index is 2.28. The van der Waals surface area contributed by atoms with Crippen molar-refractivity contribution in [1.29, 1.82) is 0 Å². The Bertz CT molecular complexity index is 868. The van der Waals surface area contributed by atoms with Gasteiger partial charge in [-0.3, -0.25) is 14.2 Å². The molecule has 1 amide bonds. The molecule has 0 fully saturated rings. The number of benzene rings is 1. The Labute approximate surface area is 169 Å². The molecule has 0 aliphatic carbocycles. The zero-order valence-electron chi connectivity index (χ0n) is 17.2. The lowest BCUT2D eigenvalue weighted by Crippen LogP contribution is -2.47. The van der Waals surface area contributed by atoms with E-state index in [0.29, 0.717) is 11.9 Å². The summed E-state index contributed by atoms with van der Waals surface area (Å²) >= 11 is 0. The summed E-state index contributed by atoms with van der Waals surface area (Å²) in [5.74, 6) is -0.564. The summed E-state index contributed by atoms with van der Waals surface area (Å²) in [5.41, 5.74) is 0.749. The molecule has 158 valence electrons. The monoisotopic (exact) mass is 404 g/mol. The van der Waals surface area contributed by atoms with Gasteiger partial charge in [0.1, 0.15) is 5.60 Å². The number of carbonyl (C=O) groups is 3. The zero-order chi connectivity index (χ0) is 21.6. The van der Waals surface area contributed by atoms with Gasteiger partial charge in [0.05, 0.1) is 30.7 Å². The number of para-hydroxylation sites is 1. The molecule has 0 aliphatic heterocycles. The third kappa shape index (κ3) is 6.32. The summed E-state index contributed by atoms with van der Waals surface area (Å²) < 4.78 is 11.6. The number of hydrogen-bond donors (Lipinski definition) is 2. The highest BCUT2D eigenvalue weighted by Gasteiger charge is 2.28. The van der Waals surface area contributed by atoms with E-state index in [1.54, 1.807) is 40.0 Å². The number of fused-ring (bicyclic) bond motifs is 1. The Kier molecular flexibility index (Phi) is 7.39. The van der Waals surface area contributed by atoms with Crippen LogP contribution in [0.3, 0.4) is 0 Å². The summed E-state index contributed by atoms with van der Waals surface area (Å²) in [6.45, 7) is 7.06. The molecule has 2 atom stereocenters. The molecule has 0 unspecified atom stereocenters. The molecule has 2 rings (SSSR count). The van der Waals surface area contributed by atoms with Gasteiger partial charge >= 0.3 is 12.1 Å². The Morgan fingerprint density at radius 3 is 2.59 bits per heavy atom. The Hall–Kier alpha value is -2.87. The third-order valence-corrected chi connectivity index (χ3v) is 4.22. The first-order valence-corrected chi connectivity index (χ1v) is 9.51. The number of ether oxygens (including phenoxy) is 2. The number of alkyl carbamates (subject to hydrolysis) is 1. The molecule has 0 spiro atoms. The highest BCUT2D eigenvalue weighted by Crippen LogP contribution is 2.23. The molecule has 0 saturated carbocycles. The number of nitrogens with zero attached hydrogens (tertiary/aromatic N) is 1. The number of aliphatic hydroxyl groups excluding tert-OH is 1. The highest BCUT2D eigenvalue weighted by atomic mass is 16.6. The molecule has 0 bridgehead atoms. The van der Waals surface area contributed by atoms with Gasteiger partial charge in [0.25, 0.3) is 0 Å². The molecule has 1 aromatic heterocycles. The number of nitrogens with one attached hydrogen (secondary N) is 1. The number of carbonyl (C=O) groups excluding carboxylic acids is 3. The number of aliphatic hydroxyl groups is 1. The number of aromatic nitrogens is 1. The van der Waals surface area contributed by atoms with Crippen molar-refractivity contribution in [1.82, 2.24) is 9.88 Å². The lowest BCUT2D eigenvalue weighted by Gasteiger charge is -2.26. The van der Waals surface area contributed by atoms with Crippen LogP contribution in [-0.2, 0) is 25.5 Å². The average Bonchev–Trinajstić information content (AvgIpc) is 2.97. The zero-order valence-corrected chi connectivity index (χ0v) is 17.2. The maximum absolute atomic E-state index is 12.3. The van der Waals surface area contributed by atoms with E-state index in [1.165, 1.54) is 4.57 Å². The lowest BCUT2D eigenvalue weighted by atomic mass is 9.99. The van der Waals surface area contributed by atoms with Crippen LogP contribution in [0.25, 0.3) is 10.9 Å². The average molecular weight is 404 g/mol. The van der Waals surface area contributed by atoms with Gasteiger partial charge in [-0.2, -0.15) is 0 Å². The Morgan fingerprint density at radius 2 is 1.97 bits per heavy atom. The van der Waals surface area contributed by atoms with Crippen molar-refractivity contribution in [2.75, 3.05) is 6.61 Å². The molecule has 29 heavy (non-hydrogen) atoms. The van der Waals surface area contributed by atoms with E-state index in [4.69, 9.17) is 9.47 Å². The Morgan fingerprint density at radius 1 is 1.28 bits per heavy atom. The maximum atomic E-state index is 12.3. The second kappa shape index (κ2) is 9.56. The van der Waals surface area contributed by atoms with Gasteiger partial charge in [-0.05, 0) is 45.7 Å². The summed E-state index contributed by atoms with van der Waals surface area (Å²) in [6.07, 6.45) is 0.363. The van der Waals surface area contributed by atoms with Crippen LogP contribution in [-0.4, -0.2) is 52.5 Å². The van der Waals surface area contributed by atoms with Crippen molar-refractivity contribution < 1.29 is 29.0 Å². The van der Waals surface area contributed by atoms with Crippen LogP contribution in [0.15, 0.2) is 30.5 Å². The van der Waals surface area contributed by atoms with Crippen molar-refractivity contribution in [3.63, 3.8) is 0 Å². The van der Waals surface area contributed by atoms with Crippen molar-refractivity contribution in [2.45, 2.75) is 58.3 Å². The van der Waals surface area contributed by atoms with Crippen LogP contribution in [0.1, 0.15) is 39.7 Å². The fourth-order valence-electron chi connectivity index (χ4n) is 3.04. The molecule has 1 aromatic carbocycles. The van der Waals surface area contributed by atoms with Gasteiger partial charge in [0.2, 0.25) is 6.41 Å². The molecule has 2 N–H and O–H groups in total. The van der Waals surface area contributed by atoms with Crippen LogP contribution < -0.4 is 5.32 Å². The first-order valence-electron chi connectivity index (χ1n) is 9.51. The number of rotatable bonds is 8. The minimum absolute atomic E-state index is 0.196. The van der Waals surface area contributed by atoms with Gasteiger partial charge in [-0.25, -0.2) is 4.79 Å². The predicted molar refractivity (Wildman–Crippen MR) is 108 cm³/mol. The highest BCUT2D eigenvalue weighted by molar-refractivity contribution is 5.88. The maximum Gasteiger partial charge on any atom is 0.407 e. The predicted octanol–water partition coefficient (Wildman–Crippen LogP) is 2.43. The number of hydrogen-bond acceptors (Lipinski definition) is 6. The molecule has 0 radical (unpaired) electrons. The molecule has 0 aliphatic rings. The van der Waals surface area contributed by atoms with Gasteiger partial charge in [-0.1, -0.05) is 18.2 Å². The second-order valence-electron chi connectivity index (χ2n) is 7.72. The number of esters is 1. The van der Waals surface area contributed by atoms with E-state index < -0.39 is 29.8 Å². The summed E-state index contributed by atoms with van der Waals surface area (Å²) in [6, 6.07) is 6.50. The first kappa shape index (κ1) is 22.4. The molecule has 8 heteroatoms. The van der Waals surface area contributed by atoms with E-state index >= 15 is 0 Å². The fraction of sp³-hybridized carbons (Fsp3) is 0.476. The van der Waals surface area contributed by atoms with Crippen LogP contribution in [0.4, 0.5) is 4.79 Å². The largest absolute Gasteiger partial charge is 0.466 e. The van der Waals surface area contributed by atoms with E-state index in [0.717, 1.165) is 10.9 Å². The summed E-state index contributed by atoms with van der Waals surface area (Å²) in [5, 5.41) is 14.1. The van der Waals surface area contributed by atoms with Crippen molar-refractivity contribution >= 4 is 29.4 Å². The second-order valence-corrected chi connectivity index (χ2v) is 7.72. The fourth-order valence-corrected chi connectivity index (χ4v) is 3.04. The minimum atomic E-state index is -1.19. The standard InChI is InChI=1S/C21H28N2O6/c1-5-28-19(26)11-18(25)16(22-20(27)29-21(2,3)4)10-14-12-23(13-24)17-9-7-6-8-15(14)17/h6-9,12-13,16,18,25H,5,10-11H2,1-4H3,(H,22,27)/t16-,18+/m0/s1. The molecule has 0 saturated heterocycles. The van der Waals surface area contributed by atoms with Gasteiger partial charge < -0.3 is 19.9 Å². The molecular weight excluding hydrogens is 376 g/mol. The number of amides is 1. The van der Waals surface area contributed by atoms with Gasteiger partial charge in [-0.15, -0.1) is 0 Å². The van der Waals surface area contributed by atoms with E-state index in [1.807, 2.05) is 18.2 Å². The molecule has 2 aromatic rings. The van der Waals surface area contributed by atoms with E-state index in [2.05, 4.69) is 5.32 Å². The van der Waals surface area contributed by atoms with Gasteiger partial charge in [0, 0.05) is 11.6 Å². The van der Waals surface area contributed by atoms with Crippen LogP contribution in [0.5, 0.6) is 0 Å². The van der Waals surface area contributed by atoms with E-state index in [-0.39, 0.29) is 19.4 Å². The molecule has 8 nitrogen and oxygen atoms in total. The summed E-state index contributed by atoms with van der Waals surface area (Å²) in [7, 11) is 0. The van der Waals surface area contributed by atoms with Crippen LogP contribution in [0.2, 0.25) is 0 Å². The quantitative estimate of drug-likeness (QED) is 0.517. The topological polar surface area (TPSA) is 107 Å². The summed E-state index contributed by atoms with van der Waals surface area (Å²) in [4.78, 5) is 35.5. The minimum Gasteiger partial charge on any atom is -0.466 e. The SMILES string of the molecule is CCOC(=O)C[C@@H](O)[C@H](Cc1cn(C=O)c2ccccc12)NC(=O)OC(C)(C)C. The third-order valence-electron chi connectivity index (χ3n) is 4.22. The van der Waals surface area contributed by atoms with Crippen LogP contribution in [0, 0.1) is 0 Å². The van der Waals surface area contributed by atoms with Crippen molar-refractivity contribution in [2.24, 2.45) is 0 Å². The lowest BCUT2D eigenvalue weighted by molar-refractivity contribution is -0.145.